The van der Waals surface area contributed by atoms with E-state index in [1.807, 2.05) is 64.3 Å². The van der Waals surface area contributed by atoms with Gasteiger partial charge < -0.3 is 29.3 Å². The number of anilines is 2. The standard InChI is InChI=1S/C15H17N3O2.C8H10BrN3O2.C7H9BO2/c1-10-5-7-11(8-6-10)12-9-16-14(18(2)3)13(17-12)15(19)20-4;1-12(2)7-6(8(13)14-3)11-5(9)4-10-7;1-6-2-4-7(5-3-6)8(9)10/h5-9H,1-4H3;4H,1-3H3;2-5,9-10H,1H3. The number of hydrogen-bond acceptors (Lipinski definition) is 12. The Bertz CT molecular complexity index is 1540. The van der Waals surface area contributed by atoms with Gasteiger partial charge in [-0.1, -0.05) is 59.7 Å². The summed E-state index contributed by atoms with van der Waals surface area (Å²) in [6, 6.07) is 15.0. The first kappa shape index (κ1) is 35.8. The van der Waals surface area contributed by atoms with E-state index in [0.29, 0.717) is 27.4 Å². The lowest BCUT2D eigenvalue weighted by atomic mass is 9.80. The maximum Gasteiger partial charge on any atom is 0.488 e. The van der Waals surface area contributed by atoms with E-state index in [1.165, 1.54) is 26.0 Å². The van der Waals surface area contributed by atoms with Crippen molar-refractivity contribution in [2.24, 2.45) is 0 Å². The Morgan fingerprint density at radius 2 is 1.16 bits per heavy atom. The summed E-state index contributed by atoms with van der Waals surface area (Å²) in [5, 5.41) is 17.3. The van der Waals surface area contributed by atoms with Gasteiger partial charge in [0.05, 0.1) is 32.3 Å². The van der Waals surface area contributed by atoms with Crippen molar-refractivity contribution in [3.63, 3.8) is 0 Å². The van der Waals surface area contributed by atoms with Crippen molar-refractivity contribution in [1.82, 2.24) is 19.9 Å². The third-order valence-corrected chi connectivity index (χ3v) is 6.19. The Hall–Kier alpha value is -4.40. The van der Waals surface area contributed by atoms with Crippen molar-refractivity contribution < 1.29 is 29.1 Å². The predicted molar refractivity (Wildman–Crippen MR) is 174 cm³/mol. The van der Waals surface area contributed by atoms with Crippen LogP contribution in [0.1, 0.15) is 32.1 Å². The summed E-state index contributed by atoms with van der Waals surface area (Å²) in [5.74, 6) is -0.00887. The number of halogens is 1. The summed E-state index contributed by atoms with van der Waals surface area (Å²) in [4.78, 5) is 43.3. The average molecular weight is 667 g/mol. The van der Waals surface area contributed by atoms with Crippen molar-refractivity contribution in [2.75, 3.05) is 52.2 Å². The zero-order valence-electron chi connectivity index (χ0n) is 25.9. The molecule has 14 heteroatoms. The quantitative estimate of drug-likeness (QED) is 0.230. The molecule has 0 aliphatic carbocycles. The molecule has 2 aromatic carbocycles. The van der Waals surface area contributed by atoms with Crippen molar-refractivity contribution in [2.45, 2.75) is 13.8 Å². The molecule has 0 unspecified atom stereocenters. The summed E-state index contributed by atoms with van der Waals surface area (Å²) >= 11 is 3.14. The molecule has 0 spiro atoms. The van der Waals surface area contributed by atoms with Gasteiger partial charge in [0.25, 0.3) is 0 Å². The van der Waals surface area contributed by atoms with Crippen LogP contribution in [0.15, 0.2) is 65.5 Å². The number of nitrogens with zero attached hydrogens (tertiary/aromatic N) is 6. The van der Waals surface area contributed by atoms with E-state index < -0.39 is 19.1 Å². The lowest BCUT2D eigenvalue weighted by Crippen LogP contribution is -2.29. The number of rotatable bonds is 6. The maximum absolute atomic E-state index is 11.8. The molecule has 0 aliphatic rings. The Labute approximate surface area is 266 Å². The first-order valence-corrected chi connectivity index (χ1v) is 14.0. The number of aryl methyl sites for hydroxylation is 2. The maximum atomic E-state index is 11.8. The highest BCUT2D eigenvalue weighted by molar-refractivity contribution is 9.10. The lowest BCUT2D eigenvalue weighted by molar-refractivity contribution is 0.0585. The molecular formula is C30H36BBrN6O6. The van der Waals surface area contributed by atoms with Gasteiger partial charge in [-0.15, -0.1) is 0 Å². The highest BCUT2D eigenvalue weighted by atomic mass is 79.9. The normalized spacial score (nSPS) is 9.89. The van der Waals surface area contributed by atoms with Crippen LogP contribution in [0.5, 0.6) is 0 Å². The predicted octanol–water partition coefficient (Wildman–Crippen LogP) is 3.07. The van der Waals surface area contributed by atoms with E-state index in [1.54, 1.807) is 42.2 Å². The van der Waals surface area contributed by atoms with Gasteiger partial charge in [-0.05, 0) is 35.2 Å². The monoisotopic (exact) mass is 666 g/mol. The molecule has 0 saturated carbocycles. The van der Waals surface area contributed by atoms with Crippen LogP contribution in [0.2, 0.25) is 0 Å². The van der Waals surface area contributed by atoms with Gasteiger partial charge in [0.2, 0.25) is 0 Å². The molecule has 0 bridgehead atoms. The van der Waals surface area contributed by atoms with Crippen molar-refractivity contribution >= 4 is 52.1 Å². The van der Waals surface area contributed by atoms with E-state index in [4.69, 9.17) is 14.8 Å². The van der Waals surface area contributed by atoms with E-state index in [9.17, 15) is 9.59 Å². The molecular weight excluding hydrogens is 631 g/mol. The molecule has 0 amide bonds. The highest BCUT2D eigenvalue weighted by Crippen LogP contribution is 2.22. The van der Waals surface area contributed by atoms with Crippen molar-refractivity contribution in [3.8, 4) is 11.3 Å². The topological polar surface area (TPSA) is 151 Å². The first-order chi connectivity index (χ1) is 20.8. The van der Waals surface area contributed by atoms with Crippen LogP contribution in [0, 0.1) is 13.8 Å². The van der Waals surface area contributed by atoms with Crippen LogP contribution >= 0.6 is 15.9 Å². The van der Waals surface area contributed by atoms with Crippen LogP contribution in [-0.4, -0.2) is 91.5 Å². The summed E-state index contributed by atoms with van der Waals surface area (Å²) in [6.45, 7) is 3.97. The number of methoxy groups -OCH3 is 2. The summed E-state index contributed by atoms with van der Waals surface area (Å²) < 4.78 is 9.87. The minimum atomic E-state index is -1.35. The SMILES string of the molecule is COC(=O)c1nc(-c2ccc(C)cc2)cnc1N(C)C.COC(=O)c1nc(Br)cnc1N(C)C.Cc1ccc(B(O)O)cc1. The Morgan fingerprint density at radius 1 is 0.727 bits per heavy atom. The summed E-state index contributed by atoms with van der Waals surface area (Å²) in [7, 11) is 8.48. The second-order valence-corrected chi connectivity index (χ2v) is 10.5. The number of benzene rings is 2. The molecule has 2 N–H and O–H groups in total. The fourth-order valence-corrected chi connectivity index (χ4v) is 3.75. The third-order valence-electron chi connectivity index (χ3n) is 5.80. The molecule has 2 heterocycles. The van der Waals surface area contributed by atoms with Gasteiger partial charge in [-0.25, -0.2) is 29.5 Å². The molecule has 44 heavy (non-hydrogen) atoms. The van der Waals surface area contributed by atoms with Gasteiger partial charge in [0.15, 0.2) is 23.0 Å². The Morgan fingerprint density at radius 3 is 1.59 bits per heavy atom. The molecule has 232 valence electrons. The average Bonchev–Trinajstić information content (AvgIpc) is 3.01. The van der Waals surface area contributed by atoms with E-state index in [2.05, 4.69) is 40.6 Å². The molecule has 4 aromatic rings. The second kappa shape index (κ2) is 17.0. The van der Waals surface area contributed by atoms with Crippen LogP contribution in [0.3, 0.4) is 0 Å². The summed E-state index contributed by atoms with van der Waals surface area (Å²) in [5.41, 5.74) is 4.80. The van der Waals surface area contributed by atoms with Gasteiger partial charge in [0, 0.05) is 33.8 Å². The van der Waals surface area contributed by atoms with Crippen molar-refractivity contribution in [3.05, 3.63) is 88.0 Å². The first-order valence-electron chi connectivity index (χ1n) is 13.2. The fraction of sp³-hybridized carbons (Fsp3) is 0.267. The number of carbonyl (C=O) groups excluding carboxylic acids is 2. The van der Waals surface area contributed by atoms with E-state index in [-0.39, 0.29) is 11.4 Å². The molecule has 0 saturated heterocycles. The smallest absolute Gasteiger partial charge is 0.464 e. The van der Waals surface area contributed by atoms with Gasteiger partial charge in [0.1, 0.15) is 4.60 Å². The second-order valence-electron chi connectivity index (χ2n) is 9.71. The van der Waals surface area contributed by atoms with Crippen molar-refractivity contribution in [1.29, 1.82) is 0 Å². The van der Waals surface area contributed by atoms with Crippen LogP contribution in [0.25, 0.3) is 11.3 Å². The molecule has 12 nitrogen and oxygen atoms in total. The largest absolute Gasteiger partial charge is 0.488 e. The Kier molecular flexibility index (Phi) is 13.9. The zero-order chi connectivity index (χ0) is 33.0. The minimum absolute atomic E-state index is 0.201. The molecule has 2 aromatic heterocycles. The van der Waals surface area contributed by atoms with Crippen LogP contribution in [-0.2, 0) is 9.47 Å². The number of ether oxygens (including phenoxy) is 2. The molecule has 0 aliphatic heterocycles. The van der Waals surface area contributed by atoms with E-state index >= 15 is 0 Å². The van der Waals surface area contributed by atoms with Crippen LogP contribution in [0.4, 0.5) is 11.6 Å². The van der Waals surface area contributed by atoms with Gasteiger partial charge >= 0.3 is 19.1 Å². The van der Waals surface area contributed by atoms with Crippen LogP contribution < -0.4 is 15.3 Å². The molecule has 0 atom stereocenters. The van der Waals surface area contributed by atoms with Gasteiger partial charge in [-0.2, -0.15) is 0 Å². The molecule has 0 fully saturated rings. The number of aromatic nitrogens is 4. The number of hydrogen-bond donors (Lipinski definition) is 2. The fourth-order valence-electron chi connectivity index (χ4n) is 3.47. The lowest BCUT2D eigenvalue weighted by Gasteiger charge is -2.15. The molecule has 4 rings (SSSR count). The number of esters is 2. The van der Waals surface area contributed by atoms with Gasteiger partial charge in [-0.3, -0.25) is 0 Å². The minimum Gasteiger partial charge on any atom is -0.464 e. The summed E-state index contributed by atoms with van der Waals surface area (Å²) in [6.07, 6.45) is 3.19. The Balaban J connectivity index is 0.000000245. The zero-order valence-corrected chi connectivity index (χ0v) is 27.5. The highest BCUT2D eigenvalue weighted by Gasteiger charge is 2.19. The third kappa shape index (κ3) is 10.4. The van der Waals surface area contributed by atoms with E-state index in [0.717, 1.165) is 11.1 Å². The molecule has 0 radical (unpaired) electrons. The number of carbonyl (C=O) groups is 2.